The zero-order chi connectivity index (χ0) is 13.9. The maximum absolute atomic E-state index is 6.20. The molecule has 1 aromatic carbocycles. The molecular weight excluding hydrogens is 342 g/mol. The van der Waals surface area contributed by atoms with Crippen molar-refractivity contribution in [2.75, 3.05) is 13.1 Å². The highest BCUT2D eigenvalue weighted by molar-refractivity contribution is 9.10. The van der Waals surface area contributed by atoms with E-state index in [2.05, 4.69) is 31.4 Å². The van der Waals surface area contributed by atoms with Crippen LogP contribution in [0.3, 0.4) is 0 Å². The number of halogens is 2. The second-order valence-corrected chi connectivity index (χ2v) is 6.38. The molecule has 3 rings (SSSR count). The molecular formula is C14H15BrClN3O. The topological polar surface area (TPSA) is 51.0 Å². The van der Waals surface area contributed by atoms with Gasteiger partial charge < -0.3 is 9.84 Å². The quantitative estimate of drug-likeness (QED) is 0.911. The second-order valence-electron chi connectivity index (χ2n) is 5.06. The van der Waals surface area contributed by atoms with Crippen molar-refractivity contribution in [3.63, 3.8) is 0 Å². The Morgan fingerprint density at radius 3 is 3.10 bits per heavy atom. The van der Waals surface area contributed by atoms with E-state index in [9.17, 15) is 0 Å². The van der Waals surface area contributed by atoms with E-state index in [4.69, 9.17) is 16.1 Å². The molecule has 2 heterocycles. The molecule has 0 bridgehead atoms. The highest BCUT2D eigenvalue weighted by Gasteiger charge is 2.18. The average Bonchev–Trinajstić information content (AvgIpc) is 2.88. The van der Waals surface area contributed by atoms with Gasteiger partial charge in [0.05, 0.1) is 10.6 Å². The fourth-order valence-corrected chi connectivity index (χ4v) is 3.22. The van der Waals surface area contributed by atoms with Gasteiger partial charge in [0.25, 0.3) is 5.89 Å². The van der Waals surface area contributed by atoms with E-state index in [0.717, 1.165) is 35.4 Å². The summed E-state index contributed by atoms with van der Waals surface area (Å²) in [5.74, 6) is 1.84. The van der Waals surface area contributed by atoms with Gasteiger partial charge in [0.2, 0.25) is 0 Å². The van der Waals surface area contributed by atoms with Crippen LogP contribution in [0.4, 0.5) is 0 Å². The normalized spacial score (nSPS) is 19.2. The summed E-state index contributed by atoms with van der Waals surface area (Å²) in [5, 5.41) is 8.07. The van der Waals surface area contributed by atoms with Gasteiger partial charge in [-0.25, -0.2) is 0 Å². The van der Waals surface area contributed by atoms with Crippen molar-refractivity contribution in [2.24, 2.45) is 5.92 Å². The Morgan fingerprint density at radius 2 is 2.35 bits per heavy atom. The summed E-state index contributed by atoms with van der Waals surface area (Å²) in [6, 6.07) is 5.62. The molecule has 6 heteroatoms. The number of rotatable bonds is 3. The molecule has 0 amide bonds. The Morgan fingerprint density at radius 1 is 1.45 bits per heavy atom. The molecule has 0 aliphatic carbocycles. The van der Waals surface area contributed by atoms with Crippen molar-refractivity contribution in [1.29, 1.82) is 0 Å². The summed E-state index contributed by atoms with van der Waals surface area (Å²) in [4.78, 5) is 4.46. The molecule has 4 nitrogen and oxygen atoms in total. The van der Waals surface area contributed by atoms with Crippen LogP contribution in [0.15, 0.2) is 27.2 Å². The molecule has 1 atom stereocenters. The molecule has 0 saturated carbocycles. The summed E-state index contributed by atoms with van der Waals surface area (Å²) >= 11 is 9.58. The smallest absolute Gasteiger partial charge is 0.259 e. The van der Waals surface area contributed by atoms with Crippen molar-refractivity contribution in [3.8, 4) is 11.5 Å². The minimum absolute atomic E-state index is 0.487. The largest absolute Gasteiger partial charge is 0.334 e. The van der Waals surface area contributed by atoms with Gasteiger partial charge in [-0.05, 0) is 50.0 Å². The van der Waals surface area contributed by atoms with E-state index < -0.39 is 0 Å². The number of nitrogens with zero attached hydrogens (tertiary/aromatic N) is 2. The molecule has 1 N–H and O–H groups in total. The SMILES string of the molecule is Clc1cc(Br)ccc1-c1nc(CC2CCCNC2)no1. The maximum atomic E-state index is 6.20. The number of hydrogen-bond donors (Lipinski definition) is 1. The minimum Gasteiger partial charge on any atom is -0.334 e. The molecule has 0 spiro atoms. The van der Waals surface area contributed by atoms with Gasteiger partial charge in [-0.15, -0.1) is 0 Å². The number of aromatic nitrogens is 2. The molecule has 2 aromatic rings. The van der Waals surface area contributed by atoms with E-state index in [1.807, 2.05) is 18.2 Å². The van der Waals surface area contributed by atoms with Gasteiger partial charge in [-0.2, -0.15) is 4.98 Å². The third-order valence-electron chi connectivity index (χ3n) is 3.50. The number of piperidine rings is 1. The summed E-state index contributed by atoms with van der Waals surface area (Å²) in [7, 11) is 0. The molecule has 1 unspecified atom stereocenters. The Hall–Kier alpha value is -0.910. The van der Waals surface area contributed by atoms with Crippen LogP contribution in [-0.4, -0.2) is 23.2 Å². The molecule has 1 saturated heterocycles. The summed E-state index contributed by atoms with van der Waals surface area (Å²) in [5.41, 5.74) is 0.774. The molecule has 106 valence electrons. The maximum Gasteiger partial charge on any atom is 0.259 e. The van der Waals surface area contributed by atoms with Gasteiger partial charge in [0.1, 0.15) is 0 Å². The van der Waals surface area contributed by atoms with Gasteiger partial charge in [-0.1, -0.05) is 32.7 Å². The molecule has 20 heavy (non-hydrogen) atoms. The van der Waals surface area contributed by atoms with Crippen molar-refractivity contribution in [2.45, 2.75) is 19.3 Å². The monoisotopic (exact) mass is 355 g/mol. The van der Waals surface area contributed by atoms with Crippen LogP contribution in [-0.2, 0) is 6.42 Å². The standard InChI is InChI=1S/C14H15BrClN3O/c15-10-3-4-11(12(16)7-10)14-18-13(19-20-14)6-9-2-1-5-17-8-9/h3-4,7,9,17H,1-2,5-6,8H2. The third kappa shape index (κ3) is 3.22. The van der Waals surface area contributed by atoms with Crippen LogP contribution in [0.2, 0.25) is 5.02 Å². The molecule has 0 radical (unpaired) electrons. The highest BCUT2D eigenvalue weighted by Crippen LogP contribution is 2.29. The van der Waals surface area contributed by atoms with Crippen molar-refractivity contribution in [1.82, 2.24) is 15.5 Å². The molecule has 1 aromatic heterocycles. The van der Waals surface area contributed by atoms with Crippen molar-refractivity contribution < 1.29 is 4.52 Å². The fraction of sp³-hybridized carbons (Fsp3) is 0.429. The lowest BCUT2D eigenvalue weighted by atomic mass is 9.96. The lowest BCUT2D eigenvalue weighted by molar-refractivity contribution is 0.360. The van der Waals surface area contributed by atoms with E-state index in [0.29, 0.717) is 16.8 Å². The van der Waals surface area contributed by atoms with Crippen LogP contribution in [0.5, 0.6) is 0 Å². The number of hydrogen-bond acceptors (Lipinski definition) is 4. The van der Waals surface area contributed by atoms with Crippen LogP contribution < -0.4 is 5.32 Å². The van der Waals surface area contributed by atoms with Gasteiger partial charge in [0, 0.05) is 10.9 Å². The van der Waals surface area contributed by atoms with Gasteiger partial charge in [-0.3, -0.25) is 0 Å². The average molecular weight is 357 g/mol. The van der Waals surface area contributed by atoms with E-state index in [1.54, 1.807) is 0 Å². The zero-order valence-electron chi connectivity index (χ0n) is 10.9. The Labute approximate surface area is 131 Å². The van der Waals surface area contributed by atoms with Crippen LogP contribution >= 0.6 is 27.5 Å². The summed E-state index contributed by atoms with van der Waals surface area (Å²) in [6.07, 6.45) is 3.29. The first-order valence-corrected chi connectivity index (χ1v) is 7.88. The lowest BCUT2D eigenvalue weighted by Crippen LogP contribution is -2.31. The first-order valence-electron chi connectivity index (χ1n) is 6.71. The molecule has 1 fully saturated rings. The molecule has 1 aliphatic heterocycles. The third-order valence-corrected chi connectivity index (χ3v) is 4.31. The number of nitrogens with one attached hydrogen (secondary N) is 1. The van der Waals surface area contributed by atoms with Gasteiger partial charge in [0.15, 0.2) is 5.82 Å². The first-order chi connectivity index (χ1) is 9.72. The van der Waals surface area contributed by atoms with Crippen molar-refractivity contribution in [3.05, 3.63) is 33.5 Å². The Balaban J connectivity index is 1.75. The predicted molar refractivity (Wildman–Crippen MR) is 81.7 cm³/mol. The van der Waals surface area contributed by atoms with Gasteiger partial charge >= 0.3 is 0 Å². The highest BCUT2D eigenvalue weighted by atomic mass is 79.9. The van der Waals surface area contributed by atoms with Crippen LogP contribution in [0.25, 0.3) is 11.5 Å². The fourth-order valence-electron chi connectivity index (χ4n) is 2.47. The van der Waals surface area contributed by atoms with E-state index >= 15 is 0 Å². The van der Waals surface area contributed by atoms with E-state index in [1.165, 1.54) is 12.8 Å². The Bertz CT molecular complexity index is 596. The minimum atomic E-state index is 0.487. The Kier molecular flexibility index (Phi) is 4.38. The summed E-state index contributed by atoms with van der Waals surface area (Å²) in [6.45, 7) is 2.14. The second kappa shape index (κ2) is 6.24. The van der Waals surface area contributed by atoms with E-state index in [-0.39, 0.29) is 0 Å². The summed E-state index contributed by atoms with van der Waals surface area (Å²) < 4.78 is 6.26. The number of benzene rings is 1. The zero-order valence-corrected chi connectivity index (χ0v) is 13.2. The van der Waals surface area contributed by atoms with Crippen molar-refractivity contribution >= 4 is 27.5 Å². The predicted octanol–water partition coefficient (Wildman–Crippen LogP) is 3.69. The van der Waals surface area contributed by atoms with Crippen LogP contribution in [0.1, 0.15) is 18.7 Å². The first kappa shape index (κ1) is 14.0. The molecule has 1 aliphatic rings. The van der Waals surface area contributed by atoms with Crippen LogP contribution in [0, 0.1) is 5.92 Å². The lowest BCUT2D eigenvalue weighted by Gasteiger charge is -2.20.